The number of nitrogens with zero attached hydrogens (tertiary/aromatic N) is 2. The molecule has 2 aromatic rings. The van der Waals surface area contributed by atoms with Crippen molar-refractivity contribution in [1.82, 2.24) is 4.98 Å². The summed E-state index contributed by atoms with van der Waals surface area (Å²) in [7, 11) is 0. The van der Waals surface area contributed by atoms with Crippen LogP contribution in [0.1, 0.15) is 25.0 Å². The standard InChI is InChI=1S/C16H19ClN4/c1-11(2)21(10-12-6-4-3-5-7-12)16-14(17)13(15(18)19)8-9-20-16/h3-9,11H,10H2,1-2H3,(H3,18,19). The van der Waals surface area contributed by atoms with Gasteiger partial charge in [-0.1, -0.05) is 41.9 Å². The lowest BCUT2D eigenvalue weighted by molar-refractivity contribution is 0.672. The van der Waals surface area contributed by atoms with Gasteiger partial charge in [-0.25, -0.2) is 4.98 Å². The molecule has 0 fully saturated rings. The second-order valence-corrected chi connectivity index (χ2v) is 5.49. The van der Waals surface area contributed by atoms with Gasteiger partial charge < -0.3 is 10.6 Å². The molecule has 0 bridgehead atoms. The average Bonchev–Trinajstić information content (AvgIpc) is 2.46. The minimum atomic E-state index is -0.0490. The van der Waals surface area contributed by atoms with Crippen LogP contribution in [0.15, 0.2) is 42.6 Å². The molecule has 0 radical (unpaired) electrons. The Morgan fingerprint density at radius 1 is 1.29 bits per heavy atom. The molecule has 0 saturated heterocycles. The van der Waals surface area contributed by atoms with Gasteiger partial charge in [-0.05, 0) is 25.5 Å². The first-order valence-electron chi connectivity index (χ1n) is 6.80. The number of pyridine rings is 1. The number of nitrogens with one attached hydrogen (secondary N) is 1. The van der Waals surface area contributed by atoms with Gasteiger partial charge in [0.1, 0.15) is 11.7 Å². The van der Waals surface area contributed by atoms with Crippen molar-refractivity contribution >= 4 is 23.3 Å². The zero-order chi connectivity index (χ0) is 15.4. The second kappa shape index (κ2) is 6.59. The van der Waals surface area contributed by atoms with E-state index in [1.165, 1.54) is 5.56 Å². The number of amidine groups is 1. The predicted molar refractivity (Wildman–Crippen MR) is 88.0 cm³/mol. The third-order valence-electron chi connectivity index (χ3n) is 3.25. The van der Waals surface area contributed by atoms with Crippen molar-refractivity contribution in [3.05, 3.63) is 58.7 Å². The van der Waals surface area contributed by atoms with Crippen LogP contribution in [0.4, 0.5) is 5.82 Å². The third kappa shape index (κ3) is 3.52. The topological polar surface area (TPSA) is 66.0 Å². The molecule has 110 valence electrons. The smallest absolute Gasteiger partial charge is 0.148 e. The number of hydrogen-bond acceptors (Lipinski definition) is 3. The number of benzene rings is 1. The Morgan fingerprint density at radius 3 is 2.52 bits per heavy atom. The molecule has 1 aromatic carbocycles. The van der Waals surface area contributed by atoms with Crippen LogP contribution in [0.25, 0.3) is 0 Å². The van der Waals surface area contributed by atoms with Crippen molar-refractivity contribution < 1.29 is 0 Å². The number of hydrogen-bond donors (Lipinski definition) is 2. The fourth-order valence-electron chi connectivity index (χ4n) is 2.12. The van der Waals surface area contributed by atoms with Crippen molar-refractivity contribution in [2.45, 2.75) is 26.4 Å². The minimum absolute atomic E-state index is 0.0490. The summed E-state index contributed by atoms with van der Waals surface area (Å²) in [5.41, 5.74) is 7.26. The molecule has 5 heteroatoms. The summed E-state index contributed by atoms with van der Waals surface area (Å²) in [5.74, 6) is 0.607. The largest absolute Gasteiger partial charge is 0.384 e. The maximum atomic E-state index is 7.59. The molecule has 0 spiro atoms. The monoisotopic (exact) mass is 302 g/mol. The number of anilines is 1. The van der Waals surface area contributed by atoms with Gasteiger partial charge in [-0.15, -0.1) is 0 Å². The molecule has 0 aliphatic rings. The van der Waals surface area contributed by atoms with Gasteiger partial charge in [0.2, 0.25) is 0 Å². The summed E-state index contributed by atoms with van der Waals surface area (Å²) >= 11 is 6.38. The zero-order valence-electron chi connectivity index (χ0n) is 12.2. The first kappa shape index (κ1) is 15.3. The Hall–Kier alpha value is -2.07. The van der Waals surface area contributed by atoms with Crippen molar-refractivity contribution in [2.75, 3.05) is 4.90 Å². The molecular weight excluding hydrogens is 284 g/mol. The quantitative estimate of drug-likeness (QED) is 0.657. The summed E-state index contributed by atoms with van der Waals surface area (Å²) in [5, 5.41) is 8.01. The number of halogens is 1. The van der Waals surface area contributed by atoms with E-state index in [4.69, 9.17) is 22.7 Å². The molecule has 1 heterocycles. The van der Waals surface area contributed by atoms with E-state index in [0.29, 0.717) is 22.9 Å². The molecule has 0 unspecified atom stereocenters. The van der Waals surface area contributed by atoms with Crippen molar-refractivity contribution in [1.29, 1.82) is 5.41 Å². The Labute approximate surface area is 130 Å². The fraction of sp³-hybridized carbons (Fsp3) is 0.250. The number of rotatable bonds is 5. The van der Waals surface area contributed by atoms with E-state index >= 15 is 0 Å². The molecule has 2 rings (SSSR count). The van der Waals surface area contributed by atoms with Crippen molar-refractivity contribution in [2.24, 2.45) is 5.73 Å². The summed E-state index contributed by atoms with van der Waals surface area (Å²) in [6.45, 7) is 4.87. The second-order valence-electron chi connectivity index (χ2n) is 5.12. The van der Waals surface area contributed by atoms with Crippen LogP contribution in [0.3, 0.4) is 0 Å². The molecule has 4 nitrogen and oxygen atoms in total. The van der Waals surface area contributed by atoms with E-state index in [2.05, 4.69) is 35.9 Å². The molecule has 21 heavy (non-hydrogen) atoms. The molecule has 0 amide bonds. The molecule has 0 atom stereocenters. The van der Waals surface area contributed by atoms with E-state index < -0.39 is 0 Å². The Kier molecular flexibility index (Phi) is 4.81. The minimum Gasteiger partial charge on any atom is -0.384 e. The van der Waals surface area contributed by atoms with Crippen molar-refractivity contribution in [3.63, 3.8) is 0 Å². The SMILES string of the molecule is CC(C)N(Cc1ccccc1)c1nccc(C(=N)N)c1Cl. The third-order valence-corrected chi connectivity index (χ3v) is 3.62. The normalized spacial score (nSPS) is 10.7. The maximum absolute atomic E-state index is 7.59. The number of nitrogens with two attached hydrogens (primary N) is 1. The first-order valence-corrected chi connectivity index (χ1v) is 7.18. The Balaban J connectivity index is 2.39. The lowest BCUT2D eigenvalue weighted by Crippen LogP contribution is -2.31. The Morgan fingerprint density at radius 2 is 1.95 bits per heavy atom. The van der Waals surface area contributed by atoms with E-state index in [1.807, 2.05) is 18.2 Å². The van der Waals surface area contributed by atoms with Gasteiger partial charge in [-0.2, -0.15) is 0 Å². The first-order chi connectivity index (χ1) is 10.0. The summed E-state index contributed by atoms with van der Waals surface area (Å²) in [4.78, 5) is 6.48. The lowest BCUT2D eigenvalue weighted by atomic mass is 10.1. The van der Waals surface area contributed by atoms with Crippen LogP contribution in [0, 0.1) is 5.41 Å². The van der Waals surface area contributed by atoms with E-state index in [0.717, 1.165) is 0 Å². The van der Waals surface area contributed by atoms with E-state index in [9.17, 15) is 0 Å². The highest BCUT2D eigenvalue weighted by atomic mass is 35.5. The van der Waals surface area contributed by atoms with Gasteiger partial charge in [0.25, 0.3) is 0 Å². The van der Waals surface area contributed by atoms with Crippen LogP contribution in [-0.4, -0.2) is 16.9 Å². The number of aromatic nitrogens is 1. The molecule has 0 aliphatic heterocycles. The summed E-state index contributed by atoms with van der Waals surface area (Å²) < 4.78 is 0. The van der Waals surface area contributed by atoms with Gasteiger partial charge in [0.15, 0.2) is 0 Å². The van der Waals surface area contributed by atoms with Crippen LogP contribution < -0.4 is 10.6 Å². The molecule has 1 aromatic heterocycles. The van der Waals surface area contributed by atoms with Crippen LogP contribution >= 0.6 is 11.6 Å². The van der Waals surface area contributed by atoms with Crippen LogP contribution in [0.5, 0.6) is 0 Å². The molecule has 0 saturated carbocycles. The van der Waals surface area contributed by atoms with Gasteiger partial charge in [0, 0.05) is 24.3 Å². The zero-order valence-corrected chi connectivity index (χ0v) is 12.9. The molecule has 3 N–H and O–H groups in total. The molecular formula is C16H19ClN4. The highest BCUT2D eigenvalue weighted by Crippen LogP contribution is 2.29. The summed E-state index contributed by atoms with van der Waals surface area (Å²) in [6, 6.07) is 12.0. The highest BCUT2D eigenvalue weighted by molar-refractivity contribution is 6.36. The average molecular weight is 303 g/mol. The van der Waals surface area contributed by atoms with Crippen molar-refractivity contribution in [3.8, 4) is 0 Å². The van der Waals surface area contributed by atoms with Gasteiger partial charge in [-0.3, -0.25) is 5.41 Å². The fourth-order valence-corrected chi connectivity index (χ4v) is 2.45. The maximum Gasteiger partial charge on any atom is 0.148 e. The Bertz CT molecular complexity index is 625. The summed E-state index contributed by atoms with van der Waals surface area (Å²) in [6.07, 6.45) is 1.64. The van der Waals surface area contributed by atoms with E-state index in [1.54, 1.807) is 12.3 Å². The molecule has 0 aliphatic carbocycles. The van der Waals surface area contributed by atoms with Crippen LogP contribution in [-0.2, 0) is 6.54 Å². The lowest BCUT2D eigenvalue weighted by Gasteiger charge is -2.29. The van der Waals surface area contributed by atoms with Gasteiger partial charge in [0.05, 0.1) is 5.02 Å². The highest BCUT2D eigenvalue weighted by Gasteiger charge is 2.18. The van der Waals surface area contributed by atoms with E-state index in [-0.39, 0.29) is 11.9 Å². The number of nitrogen functional groups attached to an aromatic ring is 1. The predicted octanol–water partition coefficient (Wildman–Crippen LogP) is 3.43. The van der Waals surface area contributed by atoms with Gasteiger partial charge >= 0.3 is 0 Å². The van der Waals surface area contributed by atoms with Crippen LogP contribution in [0.2, 0.25) is 5.02 Å².